The summed E-state index contributed by atoms with van der Waals surface area (Å²) in [5, 5.41) is 17.4. The molecule has 3 heterocycles. The molecule has 174 valence electrons. The van der Waals surface area contributed by atoms with Gasteiger partial charge in [-0.2, -0.15) is 4.98 Å². The number of likely N-dealkylation sites (N-methyl/N-ethyl adjacent to an activating group) is 1. The summed E-state index contributed by atoms with van der Waals surface area (Å²) in [6.07, 6.45) is 0.968. The van der Waals surface area contributed by atoms with Crippen molar-refractivity contribution in [2.45, 2.75) is 37.5 Å². The number of aliphatic hydroxyl groups is 1. The van der Waals surface area contributed by atoms with Gasteiger partial charge in [0.1, 0.15) is 23.1 Å². The summed E-state index contributed by atoms with van der Waals surface area (Å²) < 4.78 is 46.4. The van der Waals surface area contributed by atoms with Crippen LogP contribution in [0.25, 0.3) is 0 Å². The molecule has 0 spiro atoms. The molecule has 1 aromatic heterocycles. The van der Waals surface area contributed by atoms with Crippen LogP contribution < -0.4 is 20.3 Å². The molecule has 1 aromatic carbocycles. The third kappa shape index (κ3) is 3.76. The lowest BCUT2D eigenvalue weighted by Gasteiger charge is -2.46. The number of hydrogen-bond acceptors (Lipinski definition) is 8. The van der Waals surface area contributed by atoms with Crippen LogP contribution in [0.5, 0.6) is 5.75 Å². The molecule has 1 atom stereocenters. The van der Waals surface area contributed by atoms with Crippen molar-refractivity contribution in [2.24, 2.45) is 0 Å². The number of carbonyl (C=O) groups is 1. The highest BCUT2D eigenvalue weighted by Gasteiger charge is 2.53. The summed E-state index contributed by atoms with van der Waals surface area (Å²) in [6, 6.07) is 0.842. The maximum Gasteiger partial charge on any atom is 0.249 e. The van der Waals surface area contributed by atoms with Crippen molar-refractivity contribution in [3.63, 3.8) is 0 Å². The van der Waals surface area contributed by atoms with Crippen LogP contribution >= 0.6 is 11.8 Å². The topological polar surface area (TPSA) is 99.6 Å². The van der Waals surface area contributed by atoms with Crippen LogP contribution in [0.1, 0.15) is 18.5 Å². The number of ether oxygens (including phenoxy) is 1. The molecule has 1 amide bonds. The van der Waals surface area contributed by atoms with Crippen LogP contribution in [-0.2, 0) is 4.79 Å². The Morgan fingerprint density at radius 2 is 1.97 bits per heavy atom. The number of anilines is 3. The number of benzene rings is 1. The molecule has 33 heavy (non-hydrogen) atoms. The van der Waals surface area contributed by atoms with Gasteiger partial charge in [0.05, 0.1) is 12.3 Å². The predicted octanol–water partition coefficient (Wildman–Crippen LogP) is 2.93. The predicted molar refractivity (Wildman–Crippen MR) is 117 cm³/mol. The Bertz CT molecular complexity index is 1160. The smallest absolute Gasteiger partial charge is 0.249 e. The number of carbonyl (C=O) groups excluding carboxylic acids is 1. The third-order valence-corrected chi connectivity index (χ3v) is 6.88. The number of thioether (sulfide) groups is 1. The fraction of sp³-hybridized carbons (Fsp3) is 0.381. The molecule has 1 saturated carbocycles. The highest BCUT2D eigenvalue weighted by Crippen LogP contribution is 2.55. The Hall–Kier alpha value is -2.99. The van der Waals surface area contributed by atoms with Crippen molar-refractivity contribution in [1.82, 2.24) is 9.97 Å². The summed E-state index contributed by atoms with van der Waals surface area (Å²) in [4.78, 5) is 23.6. The second-order valence-electron chi connectivity index (χ2n) is 8.28. The number of hydrogen-bond donors (Lipinski definition) is 3. The van der Waals surface area contributed by atoms with Gasteiger partial charge in [0.25, 0.3) is 0 Å². The molecule has 2 aliphatic heterocycles. The minimum Gasteiger partial charge on any atom is -0.482 e. The fourth-order valence-electron chi connectivity index (χ4n) is 4.18. The summed E-state index contributed by atoms with van der Waals surface area (Å²) in [5.74, 6) is -3.71. The number of aryl methyl sites for hydroxylation is 1. The van der Waals surface area contributed by atoms with Gasteiger partial charge in [0, 0.05) is 43.0 Å². The molecule has 5 rings (SSSR count). The van der Waals surface area contributed by atoms with Crippen molar-refractivity contribution in [1.29, 1.82) is 0 Å². The maximum atomic E-state index is 13.6. The summed E-state index contributed by atoms with van der Waals surface area (Å²) >= 11 is 1.49. The average molecular weight is 479 g/mol. The first-order chi connectivity index (χ1) is 15.7. The molecule has 1 fully saturated rings. The largest absolute Gasteiger partial charge is 0.482 e. The van der Waals surface area contributed by atoms with Gasteiger partial charge in [-0.15, -0.1) is 0 Å². The monoisotopic (exact) mass is 479 g/mol. The molecular formula is C21H20F3N5O3S. The van der Waals surface area contributed by atoms with Crippen LogP contribution in [0, 0.1) is 24.4 Å². The standard InChI is InChI=1S/C21H20F3N5O3S/c1-9-17-18(29(2)14(7-30)19(31)27-17)28-20(25-9)26-10-5-21(6-10,15-8-33-15)32-11-3-12(22)16(24)13(23)4-11/h3-4,8,10,14,30H,5-7H2,1-2H3,(H,27,31)(H,25,26,28)/t10-,14-,21-/m0/s1. The molecule has 0 radical (unpaired) electrons. The summed E-state index contributed by atoms with van der Waals surface area (Å²) in [7, 11) is 1.68. The molecule has 3 aliphatic rings. The average Bonchev–Trinajstić information content (AvgIpc) is 3.57. The number of nitrogens with zero attached hydrogens (tertiary/aromatic N) is 3. The van der Waals surface area contributed by atoms with Gasteiger partial charge >= 0.3 is 0 Å². The van der Waals surface area contributed by atoms with Crippen LogP contribution in [0.15, 0.2) is 22.4 Å². The van der Waals surface area contributed by atoms with Crippen molar-refractivity contribution >= 4 is 35.1 Å². The first-order valence-electron chi connectivity index (χ1n) is 10.2. The first-order valence-corrected chi connectivity index (χ1v) is 11.1. The zero-order chi connectivity index (χ0) is 23.5. The Balaban J connectivity index is 1.32. The normalized spacial score (nSPS) is 25.6. The molecule has 0 saturated heterocycles. The Kier molecular flexibility index (Phi) is 5.16. The van der Waals surface area contributed by atoms with Crippen molar-refractivity contribution in [3.8, 4) is 5.75 Å². The quantitative estimate of drug-likeness (QED) is 0.544. The van der Waals surface area contributed by atoms with E-state index in [9.17, 15) is 23.1 Å². The lowest BCUT2D eigenvalue weighted by Crippen LogP contribution is -2.54. The molecule has 3 N–H and O–H groups in total. The van der Waals surface area contributed by atoms with Gasteiger partial charge in [-0.1, -0.05) is 11.8 Å². The number of fused-ring (bicyclic) bond motifs is 1. The third-order valence-electron chi connectivity index (χ3n) is 6.04. The highest BCUT2D eigenvalue weighted by atomic mass is 32.2. The molecule has 8 nitrogen and oxygen atoms in total. The van der Waals surface area contributed by atoms with E-state index in [1.54, 1.807) is 18.9 Å². The van der Waals surface area contributed by atoms with E-state index >= 15 is 0 Å². The van der Waals surface area contributed by atoms with E-state index in [4.69, 9.17) is 4.74 Å². The minimum absolute atomic E-state index is 0.0773. The molecular weight excluding hydrogens is 459 g/mol. The first kappa shape index (κ1) is 21.8. The zero-order valence-corrected chi connectivity index (χ0v) is 18.5. The number of aliphatic hydroxyl groups excluding tert-OH is 1. The highest BCUT2D eigenvalue weighted by molar-refractivity contribution is 8.12. The Morgan fingerprint density at radius 3 is 2.58 bits per heavy atom. The Morgan fingerprint density at radius 1 is 1.30 bits per heavy atom. The van der Waals surface area contributed by atoms with E-state index in [0.29, 0.717) is 36.0 Å². The lowest BCUT2D eigenvalue weighted by atomic mass is 9.75. The van der Waals surface area contributed by atoms with Gasteiger partial charge < -0.3 is 25.4 Å². The zero-order valence-electron chi connectivity index (χ0n) is 17.7. The molecule has 1 aliphatic carbocycles. The minimum atomic E-state index is -1.53. The van der Waals surface area contributed by atoms with Crippen molar-refractivity contribution in [3.05, 3.63) is 45.6 Å². The van der Waals surface area contributed by atoms with E-state index in [1.165, 1.54) is 11.8 Å². The Labute approximate surface area is 191 Å². The van der Waals surface area contributed by atoms with E-state index in [-0.39, 0.29) is 24.3 Å². The number of nitrogens with one attached hydrogen (secondary N) is 2. The van der Waals surface area contributed by atoms with Gasteiger partial charge in [-0.25, -0.2) is 18.2 Å². The van der Waals surface area contributed by atoms with Crippen molar-refractivity contribution in [2.75, 3.05) is 29.2 Å². The second kappa shape index (κ2) is 7.80. The number of halogens is 3. The van der Waals surface area contributed by atoms with E-state index in [0.717, 1.165) is 17.0 Å². The van der Waals surface area contributed by atoms with Crippen LogP contribution in [0.3, 0.4) is 0 Å². The van der Waals surface area contributed by atoms with Gasteiger partial charge in [0.15, 0.2) is 23.3 Å². The van der Waals surface area contributed by atoms with Crippen LogP contribution in [0.4, 0.5) is 30.6 Å². The van der Waals surface area contributed by atoms with Gasteiger partial charge in [-0.3, -0.25) is 4.79 Å². The summed E-state index contributed by atoms with van der Waals surface area (Å²) in [6.45, 7) is 1.39. The number of amides is 1. The number of rotatable bonds is 6. The SMILES string of the molecule is Cc1nc(N[C@H]2C[C@@](Oc3cc(F)c(F)c(F)c3)(C3=CS3)C2)nc2c1NC(=O)[C@H](CO)N2C. The lowest BCUT2D eigenvalue weighted by molar-refractivity contribution is -0.118. The summed E-state index contributed by atoms with van der Waals surface area (Å²) in [5.41, 5.74) is 0.303. The molecule has 2 aromatic rings. The van der Waals surface area contributed by atoms with Crippen molar-refractivity contribution < 1.29 is 27.8 Å². The van der Waals surface area contributed by atoms with Gasteiger partial charge in [-0.05, 0) is 12.3 Å². The molecule has 12 heteroatoms. The molecule has 0 bridgehead atoms. The van der Waals surface area contributed by atoms with Crippen LogP contribution in [-0.4, -0.2) is 52.3 Å². The molecule has 0 unspecified atom stereocenters. The van der Waals surface area contributed by atoms with E-state index in [1.807, 2.05) is 5.41 Å². The number of aromatic nitrogens is 2. The van der Waals surface area contributed by atoms with Gasteiger partial charge in [0.2, 0.25) is 11.9 Å². The van der Waals surface area contributed by atoms with E-state index in [2.05, 4.69) is 20.6 Å². The fourth-order valence-corrected chi connectivity index (χ4v) is 4.87. The maximum absolute atomic E-state index is 13.6. The van der Waals surface area contributed by atoms with Crippen LogP contribution in [0.2, 0.25) is 0 Å². The van der Waals surface area contributed by atoms with E-state index < -0.39 is 29.1 Å². The second-order valence-corrected chi connectivity index (χ2v) is 9.19.